The van der Waals surface area contributed by atoms with E-state index < -0.39 is 5.72 Å². The van der Waals surface area contributed by atoms with Gasteiger partial charge in [0.25, 0.3) is 0 Å². The normalized spacial score (nSPS) is 19.9. The van der Waals surface area contributed by atoms with Gasteiger partial charge in [-0.25, -0.2) is 0 Å². The number of carbonyl (C=O) groups excluding carboxylic acids is 1. The highest BCUT2D eigenvalue weighted by Gasteiger charge is 2.42. The van der Waals surface area contributed by atoms with Crippen molar-refractivity contribution in [2.24, 2.45) is 0 Å². The summed E-state index contributed by atoms with van der Waals surface area (Å²) >= 11 is 0. The molecule has 1 saturated heterocycles. The van der Waals surface area contributed by atoms with Crippen molar-refractivity contribution in [2.45, 2.75) is 45.1 Å². The standard InChI is InChI=1S/C22H28N2O4/c1-15(11-16-5-8-18(27-4)9-6-16)24-13-21(28-22(24,2)3)17-7-10-20(26)19(12-17)23-14-25/h5-10,12,14-15,21,26H,11,13H2,1-4H3,(H,23,25). The molecule has 0 aliphatic carbocycles. The molecular formula is C22H28N2O4. The van der Waals surface area contributed by atoms with E-state index in [4.69, 9.17) is 9.47 Å². The van der Waals surface area contributed by atoms with Crippen molar-refractivity contribution in [2.75, 3.05) is 19.0 Å². The van der Waals surface area contributed by atoms with Gasteiger partial charge < -0.3 is 19.9 Å². The second-order valence-corrected chi connectivity index (χ2v) is 7.65. The highest BCUT2D eigenvalue weighted by Crippen LogP contribution is 2.39. The van der Waals surface area contributed by atoms with Crippen molar-refractivity contribution in [3.63, 3.8) is 0 Å². The SMILES string of the molecule is COc1ccc(CC(C)N2CC(c3ccc(O)c(NC=O)c3)OC2(C)C)cc1. The minimum absolute atomic E-state index is 0.0397. The number of phenolic OH excluding ortho intramolecular Hbond substituents is 1. The number of rotatable bonds is 7. The predicted octanol–water partition coefficient (Wildman–Crippen LogP) is 3.71. The third kappa shape index (κ3) is 4.29. The van der Waals surface area contributed by atoms with Crippen molar-refractivity contribution >= 4 is 12.1 Å². The van der Waals surface area contributed by atoms with Crippen LogP contribution in [-0.4, -0.2) is 41.8 Å². The lowest BCUT2D eigenvalue weighted by Gasteiger charge is -2.35. The van der Waals surface area contributed by atoms with Crippen LogP contribution in [0, 0.1) is 0 Å². The molecule has 2 aromatic rings. The third-order valence-electron chi connectivity index (χ3n) is 5.31. The quantitative estimate of drug-likeness (QED) is 0.562. The number of methoxy groups -OCH3 is 1. The Bertz CT molecular complexity index is 820. The number of nitrogens with one attached hydrogen (secondary N) is 1. The first-order chi connectivity index (χ1) is 13.3. The lowest BCUT2D eigenvalue weighted by molar-refractivity contribution is -0.105. The second kappa shape index (κ2) is 8.20. The average Bonchev–Trinajstić information content (AvgIpc) is 2.99. The molecule has 0 radical (unpaired) electrons. The van der Waals surface area contributed by atoms with Crippen molar-refractivity contribution < 1.29 is 19.4 Å². The van der Waals surface area contributed by atoms with Crippen LogP contribution in [0.5, 0.6) is 11.5 Å². The van der Waals surface area contributed by atoms with Crippen LogP contribution in [0.3, 0.4) is 0 Å². The molecule has 2 aromatic carbocycles. The molecule has 1 amide bonds. The Hall–Kier alpha value is -2.57. The number of carbonyl (C=O) groups is 1. The molecule has 0 aromatic heterocycles. The van der Waals surface area contributed by atoms with Crippen molar-refractivity contribution in [3.05, 3.63) is 53.6 Å². The molecular weight excluding hydrogens is 356 g/mol. The van der Waals surface area contributed by atoms with Gasteiger partial charge in [-0.05, 0) is 62.6 Å². The van der Waals surface area contributed by atoms with E-state index >= 15 is 0 Å². The number of anilines is 1. The van der Waals surface area contributed by atoms with Crippen LogP contribution in [-0.2, 0) is 16.0 Å². The van der Waals surface area contributed by atoms with E-state index in [9.17, 15) is 9.90 Å². The van der Waals surface area contributed by atoms with Gasteiger partial charge in [0, 0.05) is 12.6 Å². The predicted molar refractivity (Wildman–Crippen MR) is 109 cm³/mol. The summed E-state index contributed by atoms with van der Waals surface area (Å²) < 4.78 is 11.6. The van der Waals surface area contributed by atoms with E-state index in [1.54, 1.807) is 19.2 Å². The maximum atomic E-state index is 10.7. The van der Waals surface area contributed by atoms with Gasteiger partial charge in [-0.1, -0.05) is 18.2 Å². The Balaban J connectivity index is 1.74. The topological polar surface area (TPSA) is 71.0 Å². The van der Waals surface area contributed by atoms with Gasteiger partial charge in [0.05, 0.1) is 18.9 Å². The van der Waals surface area contributed by atoms with E-state index in [0.717, 1.165) is 24.3 Å². The maximum Gasteiger partial charge on any atom is 0.211 e. The summed E-state index contributed by atoms with van der Waals surface area (Å²) in [5.41, 5.74) is 2.13. The fraction of sp³-hybridized carbons (Fsp3) is 0.409. The Morgan fingerprint density at radius 1 is 1.32 bits per heavy atom. The number of aromatic hydroxyl groups is 1. The number of ether oxygens (including phenoxy) is 2. The van der Waals surface area contributed by atoms with Crippen LogP contribution in [0.25, 0.3) is 0 Å². The van der Waals surface area contributed by atoms with E-state index in [0.29, 0.717) is 12.1 Å². The number of hydrogen-bond donors (Lipinski definition) is 2. The molecule has 1 aliphatic heterocycles. The van der Waals surface area contributed by atoms with Crippen molar-refractivity contribution in [1.29, 1.82) is 0 Å². The second-order valence-electron chi connectivity index (χ2n) is 7.65. The summed E-state index contributed by atoms with van der Waals surface area (Å²) in [5, 5.41) is 12.4. The number of amides is 1. The Labute approximate surface area is 166 Å². The first kappa shape index (κ1) is 20.2. The fourth-order valence-electron chi connectivity index (χ4n) is 3.88. The monoisotopic (exact) mass is 384 g/mol. The number of nitrogens with zero attached hydrogens (tertiary/aromatic N) is 1. The van der Waals surface area contributed by atoms with E-state index in [-0.39, 0.29) is 17.9 Å². The van der Waals surface area contributed by atoms with Crippen LogP contribution in [0.1, 0.15) is 38.0 Å². The van der Waals surface area contributed by atoms with E-state index in [1.165, 1.54) is 5.56 Å². The van der Waals surface area contributed by atoms with Gasteiger partial charge in [0.2, 0.25) is 6.41 Å². The highest BCUT2D eigenvalue weighted by atomic mass is 16.5. The van der Waals surface area contributed by atoms with Gasteiger partial charge in [0.1, 0.15) is 17.2 Å². The fourth-order valence-corrected chi connectivity index (χ4v) is 3.88. The molecule has 1 fully saturated rings. The van der Waals surface area contributed by atoms with Gasteiger partial charge in [-0.15, -0.1) is 0 Å². The zero-order valence-electron chi connectivity index (χ0n) is 16.8. The Morgan fingerprint density at radius 2 is 2.04 bits per heavy atom. The van der Waals surface area contributed by atoms with Crippen molar-refractivity contribution in [3.8, 4) is 11.5 Å². The summed E-state index contributed by atoms with van der Waals surface area (Å²) in [7, 11) is 1.67. The first-order valence-corrected chi connectivity index (χ1v) is 9.44. The number of hydrogen-bond acceptors (Lipinski definition) is 5. The lowest BCUT2D eigenvalue weighted by Crippen LogP contribution is -2.45. The molecule has 1 heterocycles. The molecule has 28 heavy (non-hydrogen) atoms. The molecule has 0 spiro atoms. The van der Waals surface area contributed by atoms with Gasteiger partial charge in [-0.2, -0.15) is 0 Å². The average molecular weight is 384 g/mol. The van der Waals surface area contributed by atoms with E-state index in [1.807, 2.05) is 18.2 Å². The van der Waals surface area contributed by atoms with E-state index in [2.05, 4.69) is 43.1 Å². The molecule has 6 heteroatoms. The maximum absolute atomic E-state index is 10.7. The Morgan fingerprint density at radius 3 is 2.68 bits per heavy atom. The minimum Gasteiger partial charge on any atom is -0.506 e. The summed E-state index contributed by atoms with van der Waals surface area (Å²) in [6, 6.07) is 13.6. The zero-order valence-corrected chi connectivity index (χ0v) is 16.8. The van der Waals surface area contributed by atoms with Crippen LogP contribution in [0.2, 0.25) is 0 Å². The zero-order chi connectivity index (χ0) is 20.3. The molecule has 2 N–H and O–H groups in total. The molecule has 150 valence electrons. The van der Waals surface area contributed by atoms with Crippen LogP contribution >= 0.6 is 0 Å². The molecule has 0 saturated carbocycles. The van der Waals surface area contributed by atoms with Gasteiger partial charge in [0.15, 0.2) is 0 Å². The molecule has 0 bridgehead atoms. The minimum atomic E-state index is -0.424. The lowest BCUT2D eigenvalue weighted by atomic mass is 10.0. The summed E-state index contributed by atoms with van der Waals surface area (Å²) in [6.07, 6.45) is 1.32. The summed E-state index contributed by atoms with van der Waals surface area (Å²) in [5.74, 6) is 0.895. The molecule has 1 aliphatic rings. The van der Waals surface area contributed by atoms with Gasteiger partial charge >= 0.3 is 0 Å². The molecule has 3 rings (SSSR count). The number of phenols is 1. The molecule has 6 nitrogen and oxygen atoms in total. The third-order valence-corrected chi connectivity index (χ3v) is 5.31. The largest absolute Gasteiger partial charge is 0.506 e. The van der Waals surface area contributed by atoms with Crippen LogP contribution < -0.4 is 10.1 Å². The smallest absolute Gasteiger partial charge is 0.211 e. The van der Waals surface area contributed by atoms with Crippen molar-refractivity contribution in [1.82, 2.24) is 4.90 Å². The summed E-state index contributed by atoms with van der Waals surface area (Å²) in [6.45, 7) is 7.08. The first-order valence-electron chi connectivity index (χ1n) is 9.44. The molecule has 2 unspecified atom stereocenters. The van der Waals surface area contributed by atoms with Crippen LogP contribution in [0.15, 0.2) is 42.5 Å². The summed E-state index contributed by atoms with van der Waals surface area (Å²) in [4.78, 5) is 13.1. The van der Waals surface area contributed by atoms with Crippen LogP contribution in [0.4, 0.5) is 5.69 Å². The van der Waals surface area contributed by atoms with Gasteiger partial charge in [-0.3, -0.25) is 9.69 Å². The number of benzene rings is 2. The Kier molecular flexibility index (Phi) is 5.91. The highest BCUT2D eigenvalue weighted by molar-refractivity contribution is 5.75. The molecule has 2 atom stereocenters.